The van der Waals surface area contributed by atoms with E-state index in [1.807, 2.05) is 30.3 Å². The zero-order chi connectivity index (χ0) is 13.7. The summed E-state index contributed by atoms with van der Waals surface area (Å²) >= 11 is 3.70. The van der Waals surface area contributed by atoms with E-state index < -0.39 is 0 Å². The lowest BCUT2D eigenvalue weighted by atomic mass is 9.99. The van der Waals surface area contributed by atoms with Crippen LogP contribution in [0.1, 0.15) is 38.2 Å². The van der Waals surface area contributed by atoms with Crippen LogP contribution in [0, 0.1) is 11.8 Å². The summed E-state index contributed by atoms with van der Waals surface area (Å²) in [6, 6.07) is 9.86. The summed E-state index contributed by atoms with van der Waals surface area (Å²) in [5.41, 5.74) is 1.05. The Morgan fingerprint density at radius 3 is 2.63 bits per heavy atom. The van der Waals surface area contributed by atoms with Gasteiger partial charge in [-0.3, -0.25) is 4.79 Å². The summed E-state index contributed by atoms with van der Waals surface area (Å²) in [7, 11) is 0. The van der Waals surface area contributed by atoms with Gasteiger partial charge in [0.05, 0.1) is 5.92 Å². The number of carbonyl (C=O) groups excluding carboxylic acids is 1. The molecule has 0 aliphatic heterocycles. The molecule has 19 heavy (non-hydrogen) atoms. The van der Waals surface area contributed by atoms with Gasteiger partial charge in [-0.05, 0) is 37.2 Å². The average Bonchev–Trinajstić information content (AvgIpc) is 2.60. The maximum Gasteiger partial charge on any atom is 0.309 e. The molecular weight excluding hydrogens is 304 g/mol. The first-order valence-electron chi connectivity index (χ1n) is 7.01. The molecule has 1 aromatic carbocycles. The summed E-state index contributed by atoms with van der Waals surface area (Å²) < 4.78 is 5.44. The Kier molecular flexibility index (Phi) is 5.44. The fraction of sp³-hybridized carbons (Fsp3) is 0.562. The number of benzene rings is 1. The molecule has 3 atom stereocenters. The van der Waals surface area contributed by atoms with Crippen LogP contribution in [0.3, 0.4) is 0 Å². The number of esters is 1. The smallest absolute Gasteiger partial charge is 0.309 e. The number of carbonyl (C=O) groups is 1. The summed E-state index contributed by atoms with van der Waals surface area (Å²) in [6.45, 7) is 2.64. The van der Waals surface area contributed by atoms with E-state index in [4.69, 9.17) is 4.74 Å². The van der Waals surface area contributed by atoms with Gasteiger partial charge >= 0.3 is 5.97 Å². The van der Waals surface area contributed by atoms with E-state index >= 15 is 0 Å². The van der Waals surface area contributed by atoms with Gasteiger partial charge in [0.25, 0.3) is 0 Å². The molecule has 0 bridgehead atoms. The topological polar surface area (TPSA) is 26.3 Å². The summed E-state index contributed by atoms with van der Waals surface area (Å²) in [5, 5.41) is 0. The number of alkyl halides is 1. The molecule has 0 saturated heterocycles. The molecule has 3 heteroatoms. The van der Waals surface area contributed by atoms with Gasteiger partial charge in [0.2, 0.25) is 0 Å². The second-order valence-electron chi connectivity index (χ2n) is 5.44. The van der Waals surface area contributed by atoms with Gasteiger partial charge < -0.3 is 4.74 Å². The monoisotopic (exact) mass is 324 g/mol. The van der Waals surface area contributed by atoms with Crippen LogP contribution >= 0.6 is 15.9 Å². The normalized spacial score (nSPS) is 27.6. The minimum absolute atomic E-state index is 0.0300. The first-order chi connectivity index (χ1) is 9.16. The first kappa shape index (κ1) is 14.6. The molecule has 104 valence electrons. The van der Waals surface area contributed by atoms with Crippen LogP contribution in [0.25, 0.3) is 0 Å². The Balaban J connectivity index is 1.83. The summed E-state index contributed by atoms with van der Waals surface area (Å²) in [5.74, 6) is 0.693. The average molecular weight is 325 g/mol. The number of hydrogen-bond donors (Lipinski definition) is 0. The second kappa shape index (κ2) is 7.09. The van der Waals surface area contributed by atoms with E-state index in [1.54, 1.807) is 0 Å². The quantitative estimate of drug-likeness (QED) is 0.470. The molecule has 0 heterocycles. The Labute approximate surface area is 123 Å². The molecule has 2 nitrogen and oxygen atoms in total. The van der Waals surface area contributed by atoms with Crippen LogP contribution in [-0.4, -0.2) is 10.8 Å². The predicted molar refractivity (Wildman–Crippen MR) is 80.1 cm³/mol. The lowest BCUT2D eigenvalue weighted by molar-refractivity contribution is -0.150. The molecule has 1 aliphatic carbocycles. The highest BCUT2D eigenvalue weighted by Gasteiger charge is 2.27. The molecule has 0 radical (unpaired) electrons. The zero-order valence-corrected chi connectivity index (χ0v) is 12.9. The lowest BCUT2D eigenvalue weighted by Gasteiger charge is -2.13. The number of halogens is 1. The largest absolute Gasteiger partial charge is 0.461 e. The minimum Gasteiger partial charge on any atom is -0.461 e. The van der Waals surface area contributed by atoms with Crippen molar-refractivity contribution in [3.63, 3.8) is 0 Å². The van der Waals surface area contributed by atoms with Gasteiger partial charge in [-0.2, -0.15) is 0 Å². The van der Waals surface area contributed by atoms with Crippen molar-refractivity contribution in [3.8, 4) is 0 Å². The Morgan fingerprint density at radius 2 is 1.89 bits per heavy atom. The molecule has 0 spiro atoms. The first-order valence-corrected chi connectivity index (χ1v) is 7.93. The zero-order valence-electron chi connectivity index (χ0n) is 11.3. The van der Waals surface area contributed by atoms with Gasteiger partial charge in [-0.1, -0.05) is 53.2 Å². The van der Waals surface area contributed by atoms with Crippen molar-refractivity contribution < 1.29 is 9.53 Å². The predicted octanol–water partition coefficient (Wildman–Crippen LogP) is 4.32. The van der Waals surface area contributed by atoms with Crippen LogP contribution in [-0.2, 0) is 16.1 Å². The maximum absolute atomic E-state index is 12.1. The molecule has 1 aromatic rings. The van der Waals surface area contributed by atoms with Gasteiger partial charge in [0.15, 0.2) is 0 Å². The fourth-order valence-electron chi connectivity index (χ4n) is 2.52. The van der Waals surface area contributed by atoms with Crippen LogP contribution < -0.4 is 0 Å². The van der Waals surface area contributed by atoms with Gasteiger partial charge in [0, 0.05) is 4.83 Å². The number of hydrogen-bond acceptors (Lipinski definition) is 2. The lowest BCUT2D eigenvalue weighted by Crippen LogP contribution is -2.17. The molecule has 0 aromatic heterocycles. The van der Waals surface area contributed by atoms with E-state index in [0.717, 1.165) is 31.2 Å². The molecule has 1 saturated carbocycles. The summed E-state index contributed by atoms with van der Waals surface area (Å²) in [4.78, 5) is 12.6. The van der Waals surface area contributed by atoms with Crippen molar-refractivity contribution in [1.82, 2.24) is 0 Å². The molecule has 0 N–H and O–H groups in total. The van der Waals surface area contributed by atoms with Crippen molar-refractivity contribution in [1.29, 1.82) is 0 Å². The molecule has 0 amide bonds. The second-order valence-corrected chi connectivity index (χ2v) is 6.61. The van der Waals surface area contributed by atoms with Crippen LogP contribution in [0.2, 0.25) is 0 Å². The third kappa shape index (κ3) is 4.34. The van der Waals surface area contributed by atoms with E-state index in [2.05, 4.69) is 22.9 Å². The summed E-state index contributed by atoms with van der Waals surface area (Å²) in [6.07, 6.45) is 4.05. The highest BCUT2D eigenvalue weighted by Crippen LogP contribution is 2.32. The van der Waals surface area contributed by atoms with Gasteiger partial charge in [-0.25, -0.2) is 0 Å². The minimum atomic E-state index is -0.0300. The van der Waals surface area contributed by atoms with Crippen molar-refractivity contribution in [3.05, 3.63) is 35.9 Å². The third-order valence-electron chi connectivity index (χ3n) is 3.94. The molecule has 2 rings (SSSR count). The van der Waals surface area contributed by atoms with E-state index in [0.29, 0.717) is 17.4 Å². The van der Waals surface area contributed by atoms with Crippen LogP contribution in [0.4, 0.5) is 0 Å². The van der Waals surface area contributed by atoms with E-state index in [9.17, 15) is 4.79 Å². The third-order valence-corrected chi connectivity index (χ3v) is 5.30. The highest BCUT2D eigenvalue weighted by molar-refractivity contribution is 9.09. The Hall–Kier alpha value is -0.830. The Bertz CT molecular complexity index is 392. The van der Waals surface area contributed by atoms with Crippen molar-refractivity contribution in [2.24, 2.45) is 11.8 Å². The van der Waals surface area contributed by atoms with E-state index in [1.165, 1.54) is 0 Å². The molecular formula is C16H21BrO2. The molecule has 1 fully saturated rings. The van der Waals surface area contributed by atoms with Gasteiger partial charge in [-0.15, -0.1) is 0 Å². The number of ether oxygens (including phenoxy) is 1. The molecule has 2 unspecified atom stereocenters. The molecule has 1 aliphatic rings. The SMILES string of the molecule is C[C@@H]1CCC(C(=O)OCc2ccccc2)CCC1Br. The van der Waals surface area contributed by atoms with Crippen molar-refractivity contribution in [2.75, 3.05) is 0 Å². The van der Waals surface area contributed by atoms with Crippen molar-refractivity contribution >= 4 is 21.9 Å². The van der Waals surface area contributed by atoms with Crippen LogP contribution in [0.5, 0.6) is 0 Å². The van der Waals surface area contributed by atoms with Gasteiger partial charge in [0.1, 0.15) is 6.61 Å². The van der Waals surface area contributed by atoms with Crippen LogP contribution in [0.15, 0.2) is 30.3 Å². The standard InChI is InChI=1S/C16H21BrO2/c1-12-7-8-14(9-10-15(12)17)16(18)19-11-13-5-3-2-4-6-13/h2-6,12,14-15H,7-11H2,1H3/t12-,14?,15?/m1/s1. The number of rotatable bonds is 3. The maximum atomic E-state index is 12.1. The Morgan fingerprint density at radius 1 is 1.21 bits per heavy atom. The van der Waals surface area contributed by atoms with E-state index in [-0.39, 0.29) is 11.9 Å². The highest BCUT2D eigenvalue weighted by atomic mass is 79.9. The fourth-order valence-corrected chi connectivity index (χ4v) is 3.05. The van der Waals surface area contributed by atoms with Crippen molar-refractivity contribution in [2.45, 2.75) is 44.0 Å².